The molecule has 1 aromatic carbocycles. The van der Waals surface area contributed by atoms with Gasteiger partial charge in [0.2, 0.25) is 5.91 Å². The smallest absolute Gasteiger partial charge is 0.238 e. The number of nitrogens with one attached hydrogen (secondary N) is 1. The predicted octanol–water partition coefficient (Wildman–Crippen LogP) is 3.13. The number of carbonyl (C=O) groups is 1. The van der Waals surface area contributed by atoms with Crippen molar-refractivity contribution in [1.82, 2.24) is 5.16 Å². The first-order chi connectivity index (χ1) is 11.1. The van der Waals surface area contributed by atoms with Gasteiger partial charge < -0.3 is 19.3 Å². The molecule has 0 spiro atoms. The molecule has 1 aromatic heterocycles. The first-order valence-electron chi connectivity index (χ1n) is 7.21. The number of thioether (sulfide) groups is 1. The summed E-state index contributed by atoms with van der Waals surface area (Å²) in [6.45, 7) is 4.15. The maximum absolute atomic E-state index is 12.0. The number of ether oxygens (including phenoxy) is 2. The normalized spacial score (nSPS) is 11.8. The van der Waals surface area contributed by atoms with Gasteiger partial charge in [-0.1, -0.05) is 5.16 Å². The summed E-state index contributed by atoms with van der Waals surface area (Å²) in [5.74, 6) is 3.27. The summed E-state index contributed by atoms with van der Waals surface area (Å²) in [5, 5.41) is 6.25. The highest BCUT2D eigenvalue weighted by atomic mass is 32.2. The Kier molecular flexibility index (Phi) is 6.34. The van der Waals surface area contributed by atoms with E-state index in [1.165, 1.54) is 11.8 Å². The summed E-state index contributed by atoms with van der Waals surface area (Å²) in [7, 11) is 1.62. The summed E-state index contributed by atoms with van der Waals surface area (Å²) in [5.41, 5.74) is 0. The molecule has 0 saturated heterocycles. The van der Waals surface area contributed by atoms with Gasteiger partial charge in [-0.25, -0.2) is 0 Å². The standard InChI is InChI=1S/C16H20N2O4S/c1-11-10-15(18-22-11)17-16(19)12(2)23-9-8-21-14-6-4-13(20-3)5-7-14/h4-7,10,12H,8-9H2,1-3H3,(H,17,18,19). The molecule has 2 aromatic rings. The molecule has 2 rings (SSSR count). The Hall–Kier alpha value is -2.15. The first kappa shape index (κ1) is 17.2. The van der Waals surface area contributed by atoms with Crippen LogP contribution in [-0.4, -0.2) is 35.8 Å². The highest BCUT2D eigenvalue weighted by Gasteiger charge is 2.15. The fourth-order valence-corrected chi connectivity index (χ4v) is 2.53. The third-order valence-electron chi connectivity index (χ3n) is 3.03. The average molecular weight is 336 g/mol. The van der Waals surface area contributed by atoms with Crippen molar-refractivity contribution in [2.45, 2.75) is 19.1 Å². The Morgan fingerprint density at radius 3 is 2.65 bits per heavy atom. The summed E-state index contributed by atoms with van der Waals surface area (Å²) < 4.78 is 15.6. The van der Waals surface area contributed by atoms with Gasteiger partial charge in [0.05, 0.1) is 19.0 Å². The van der Waals surface area contributed by atoms with E-state index in [-0.39, 0.29) is 11.2 Å². The third-order valence-corrected chi connectivity index (χ3v) is 4.14. The molecule has 0 aliphatic heterocycles. The molecule has 7 heteroatoms. The van der Waals surface area contributed by atoms with E-state index in [4.69, 9.17) is 14.0 Å². The molecule has 0 saturated carbocycles. The average Bonchev–Trinajstić information content (AvgIpc) is 2.96. The van der Waals surface area contributed by atoms with Crippen molar-refractivity contribution in [2.24, 2.45) is 0 Å². The molecule has 0 radical (unpaired) electrons. The number of benzene rings is 1. The van der Waals surface area contributed by atoms with Crippen LogP contribution in [0.3, 0.4) is 0 Å². The lowest BCUT2D eigenvalue weighted by atomic mass is 10.3. The first-order valence-corrected chi connectivity index (χ1v) is 8.26. The Bertz CT molecular complexity index is 627. The number of carbonyl (C=O) groups excluding carboxylic acids is 1. The fourth-order valence-electron chi connectivity index (χ4n) is 1.79. The summed E-state index contributed by atoms with van der Waals surface area (Å²) in [6.07, 6.45) is 0. The van der Waals surface area contributed by atoms with Gasteiger partial charge in [0.15, 0.2) is 5.82 Å². The van der Waals surface area contributed by atoms with E-state index in [0.717, 1.165) is 11.5 Å². The van der Waals surface area contributed by atoms with E-state index in [1.807, 2.05) is 31.2 Å². The minimum Gasteiger partial charge on any atom is -0.497 e. The minimum absolute atomic E-state index is 0.104. The van der Waals surface area contributed by atoms with E-state index in [2.05, 4.69) is 10.5 Å². The number of rotatable bonds is 8. The maximum atomic E-state index is 12.0. The lowest BCUT2D eigenvalue weighted by molar-refractivity contribution is -0.115. The molecule has 0 aliphatic rings. The summed E-state index contributed by atoms with van der Waals surface area (Å²) in [6, 6.07) is 9.08. The largest absolute Gasteiger partial charge is 0.497 e. The number of anilines is 1. The van der Waals surface area contributed by atoms with Gasteiger partial charge in [-0.2, -0.15) is 0 Å². The van der Waals surface area contributed by atoms with Crippen molar-refractivity contribution in [3.8, 4) is 11.5 Å². The van der Waals surface area contributed by atoms with Gasteiger partial charge in [0.1, 0.15) is 17.3 Å². The Morgan fingerprint density at radius 1 is 1.35 bits per heavy atom. The lowest BCUT2D eigenvalue weighted by Gasteiger charge is -2.11. The van der Waals surface area contributed by atoms with Crippen molar-refractivity contribution < 1.29 is 18.8 Å². The molecule has 124 valence electrons. The van der Waals surface area contributed by atoms with E-state index in [0.29, 0.717) is 23.9 Å². The second kappa shape index (κ2) is 8.47. The fraction of sp³-hybridized carbons (Fsp3) is 0.375. The molecule has 0 fully saturated rings. The van der Waals surface area contributed by atoms with Gasteiger partial charge >= 0.3 is 0 Å². The van der Waals surface area contributed by atoms with Crippen LogP contribution >= 0.6 is 11.8 Å². The van der Waals surface area contributed by atoms with Crippen molar-refractivity contribution >= 4 is 23.5 Å². The lowest BCUT2D eigenvalue weighted by Crippen LogP contribution is -2.23. The highest BCUT2D eigenvalue weighted by Crippen LogP contribution is 2.18. The second-order valence-corrected chi connectivity index (χ2v) is 6.30. The zero-order chi connectivity index (χ0) is 16.7. The van der Waals surface area contributed by atoms with E-state index >= 15 is 0 Å². The van der Waals surface area contributed by atoms with Crippen LogP contribution in [0.15, 0.2) is 34.9 Å². The highest BCUT2D eigenvalue weighted by molar-refractivity contribution is 8.00. The number of nitrogens with zero attached hydrogens (tertiary/aromatic N) is 1. The zero-order valence-corrected chi connectivity index (χ0v) is 14.2. The van der Waals surface area contributed by atoms with E-state index < -0.39 is 0 Å². The van der Waals surface area contributed by atoms with Gasteiger partial charge in [-0.15, -0.1) is 11.8 Å². The number of aryl methyl sites for hydroxylation is 1. The predicted molar refractivity (Wildman–Crippen MR) is 90.3 cm³/mol. The van der Waals surface area contributed by atoms with Gasteiger partial charge in [0.25, 0.3) is 0 Å². The third kappa shape index (κ3) is 5.52. The zero-order valence-electron chi connectivity index (χ0n) is 13.4. The van der Waals surface area contributed by atoms with Crippen LogP contribution in [0.25, 0.3) is 0 Å². The molecule has 23 heavy (non-hydrogen) atoms. The Labute approximate surface area is 139 Å². The molecule has 1 heterocycles. The summed E-state index contributed by atoms with van der Waals surface area (Å²) >= 11 is 1.52. The number of aromatic nitrogens is 1. The number of methoxy groups -OCH3 is 1. The Balaban J connectivity index is 1.67. The van der Waals surface area contributed by atoms with Gasteiger partial charge in [-0.3, -0.25) is 4.79 Å². The number of hydrogen-bond donors (Lipinski definition) is 1. The van der Waals surface area contributed by atoms with Crippen molar-refractivity contribution in [1.29, 1.82) is 0 Å². The van der Waals surface area contributed by atoms with Crippen LogP contribution in [-0.2, 0) is 4.79 Å². The quantitative estimate of drug-likeness (QED) is 0.747. The Morgan fingerprint density at radius 2 is 2.04 bits per heavy atom. The molecule has 0 bridgehead atoms. The van der Waals surface area contributed by atoms with Crippen LogP contribution in [0, 0.1) is 6.92 Å². The molecule has 1 atom stereocenters. The van der Waals surface area contributed by atoms with Crippen LogP contribution in [0.1, 0.15) is 12.7 Å². The molecule has 0 aliphatic carbocycles. The SMILES string of the molecule is COc1ccc(OCCSC(C)C(=O)Nc2cc(C)on2)cc1. The van der Waals surface area contributed by atoms with E-state index in [1.54, 1.807) is 20.1 Å². The molecule has 1 unspecified atom stereocenters. The number of amides is 1. The molecular weight excluding hydrogens is 316 g/mol. The molecule has 1 amide bonds. The van der Waals surface area contributed by atoms with E-state index in [9.17, 15) is 4.79 Å². The maximum Gasteiger partial charge on any atom is 0.238 e. The number of hydrogen-bond acceptors (Lipinski definition) is 6. The minimum atomic E-state index is -0.202. The second-order valence-electron chi connectivity index (χ2n) is 4.85. The topological polar surface area (TPSA) is 73.6 Å². The molecule has 1 N–H and O–H groups in total. The van der Waals surface area contributed by atoms with Crippen molar-refractivity contribution in [3.63, 3.8) is 0 Å². The van der Waals surface area contributed by atoms with Crippen LogP contribution < -0.4 is 14.8 Å². The van der Waals surface area contributed by atoms with Crippen molar-refractivity contribution in [2.75, 3.05) is 24.8 Å². The van der Waals surface area contributed by atoms with Crippen LogP contribution in [0.2, 0.25) is 0 Å². The summed E-state index contributed by atoms with van der Waals surface area (Å²) in [4.78, 5) is 12.0. The van der Waals surface area contributed by atoms with Gasteiger partial charge in [-0.05, 0) is 38.1 Å². The monoisotopic (exact) mass is 336 g/mol. The van der Waals surface area contributed by atoms with Crippen molar-refractivity contribution in [3.05, 3.63) is 36.1 Å². The van der Waals surface area contributed by atoms with Gasteiger partial charge in [0, 0.05) is 11.8 Å². The van der Waals surface area contributed by atoms with Crippen LogP contribution in [0.5, 0.6) is 11.5 Å². The molecule has 6 nitrogen and oxygen atoms in total. The van der Waals surface area contributed by atoms with Crippen LogP contribution in [0.4, 0.5) is 5.82 Å². The molecular formula is C16H20N2O4S.